The molecule has 0 aliphatic carbocycles. The highest BCUT2D eigenvalue weighted by Gasteiger charge is 2.44. The van der Waals surface area contributed by atoms with Crippen molar-refractivity contribution in [3.63, 3.8) is 0 Å². The Labute approximate surface area is 221 Å². The molecule has 3 aromatic heterocycles. The van der Waals surface area contributed by atoms with Gasteiger partial charge in [0.25, 0.3) is 0 Å². The van der Waals surface area contributed by atoms with Crippen molar-refractivity contribution in [1.29, 1.82) is 0 Å². The summed E-state index contributed by atoms with van der Waals surface area (Å²) >= 11 is 1.41. The van der Waals surface area contributed by atoms with Gasteiger partial charge in [0.2, 0.25) is 5.95 Å². The van der Waals surface area contributed by atoms with Crippen LogP contribution in [0, 0.1) is 19.8 Å². The van der Waals surface area contributed by atoms with Gasteiger partial charge < -0.3 is 30.3 Å². The van der Waals surface area contributed by atoms with Gasteiger partial charge in [0.05, 0.1) is 33.9 Å². The minimum atomic E-state index is -4.42. The third kappa shape index (κ3) is 6.15. The zero-order valence-corrected chi connectivity index (χ0v) is 22.3. The van der Waals surface area contributed by atoms with Crippen LogP contribution >= 0.6 is 11.3 Å². The van der Waals surface area contributed by atoms with Gasteiger partial charge in [0.1, 0.15) is 29.1 Å². The Hall–Kier alpha value is -2.65. The summed E-state index contributed by atoms with van der Waals surface area (Å²) in [4.78, 5) is 19.7. The molecule has 4 rings (SSSR count). The Morgan fingerprint density at radius 2 is 1.89 bits per heavy atom. The van der Waals surface area contributed by atoms with E-state index in [2.05, 4.69) is 25.0 Å². The highest BCUT2D eigenvalue weighted by Crippen LogP contribution is 2.41. The van der Waals surface area contributed by atoms with Crippen LogP contribution in [0.15, 0.2) is 12.3 Å². The smallest absolute Gasteiger partial charge is 0.390 e. The molecule has 4 heterocycles. The number of fused-ring (bicyclic) bond motifs is 1. The number of hydrogen-bond donors (Lipinski definition) is 4. The molecule has 38 heavy (non-hydrogen) atoms. The molecule has 1 aliphatic heterocycles. The van der Waals surface area contributed by atoms with Gasteiger partial charge in [-0.1, -0.05) is 0 Å². The number of aromatic nitrogens is 4. The van der Waals surface area contributed by atoms with Crippen LogP contribution in [0.3, 0.4) is 0 Å². The van der Waals surface area contributed by atoms with E-state index in [-0.39, 0.29) is 25.6 Å². The molecule has 208 valence electrons. The van der Waals surface area contributed by atoms with Crippen molar-refractivity contribution in [3.05, 3.63) is 23.7 Å². The second-order valence-electron chi connectivity index (χ2n) is 9.83. The number of piperidine rings is 1. The molecule has 1 fully saturated rings. The van der Waals surface area contributed by atoms with E-state index in [0.29, 0.717) is 28.5 Å². The Bertz CT molecular complexity index is 1280. The van der Waals surface area contributed by atoms with E-state index >= 15 is 0 Å². The van der Waals surface area contributed by atoms with Gasteiger partial charge >= 0.3 is 6.18 Å². The normalized spacial score (nSPS) is 20.8. The first kappa shape index (κ1) is 28.4. The molecule has 0 spiro atoms. The largest absolute Gasteiger partial charge is 0.411 e. The average Bonchev–Trinajstić information content (AvgIpc) is 3.24. The van der Waals surface area contributed by atoms with E-state index in [1.807, 2.05) is 13.0 Å². The van der Waals surface area contributed by atoms with Crippen LogP contribution in [0.25, 0.3) is 20.8 Å². The first-order chi connectivity index (χ1) is 17.8. The van der Waals surface area contributed by atoms with Crippen molar-refractivity contribution in [2.45, 2.75) is 58.2 Å². The molecule has 0 bridgehead atoms. The summed E-state index contributed by atoms with van der Waals surface area (Å²) in [5.74, 6) is -0.136. The van der Waals surface area contributed by atoms with Gasteiger partial charge in [-0.05, 0) is 40.2 Å². The topological polar surface area (TPSA) is 137 Å². The fraction of sp³-hybridized carbons (Fsp3) is 0.583. The Balaban J connectivity index is 1.70. The zero-order valence-electron chi connectivity index (χ0n) is 21.5. The summed E-state index contributed by atoms with van der Waals surface area (Å²) in [6.07, 6.45) is -4.99. The van der Waals surface area contributed by atoms with Gasteiger partial charge in [-0.15, -0.1) is 11.3 Å². The number of thiazole rings is 1. The molecule has 1 saturated heterocycles. The Morgan fingerprint density at radius 1 is 1.16 bits per heavy atom. The first-order valence-electron chi connectivity index (χ1n) is 12.1. The van der Waals surface area contributed by atoms with Crippen LogP contribution in [0.1, 0.15) is 31.7 Å². The second-order valence-corrected chi connectivity index (χ2v) is 10.9. The number of halogens is 3. The van der Waals surface area contributed by atoms with E-state index in [9.17, 15) is 28.5 Å². The lowest BCUT2D eigenvalue weighted by molar-refractivity contribution is -0.172. The second kappa shape index (κ2) is 10.8. The third-order valence-electron chi connectivity index (χ3n) is 6.47. The van der Waals surface area contributed by atoms with Crippen molar-refractivity contribution < 1.29 is 33.2 Å². The number of aliphatic hydroxyl groups is 3. The number of aryl methyl sites for hydroxylation is 2. The van der Waals surface area contributed by atoms with Crippen LogP contribution in [0.2, 0.25) is 0 Å². The van der Waals surface area contributed by atoms with Crippen LogP contribution < -0.4 is 10.2 Å². The molecule has 0 radical (unpaired) electrons. The highest BCUT2D eigenvalue weighted by atomic mass is 32.1. The quantitative estimate of drug-likeness (QED) is 0.307. The summed E-state index contributed by atoms with van der Waals surface area (Å²) < 4.78 is 42.6. The molecular formula is C24H31F3N6O4S. The number of pyridine rings is 1. The maximum atomic E-state index is 12.4. The number of hydrogen-bond acceptors (Lipinski definition) is 11. The number of anilines is 2. The standard InChI is InChI=1S/C24H31F3N6O4S/c1-12-16(20-31-17-13(2)28-7-5-15(17)38-20)19(32-22(30-12)29-8-10-37-11-24(25,26)27)33-9-6-14(23(3,4)36)18(34)21(33)35/h5,7,14,18,21,34-36H,6,8-11H2,1-4H3,(H,29,30,32)/t14-,18+,21?/m0/s1. The molecule has 0 aromatic carbocycles. The van der Waals surface area contributed by atoms with Crippen LogP contribution in [0.4, 0.5) is 24.9 Å². The minimum Gasteiger partial charge on any atom is -0.390 e. The van der Waals surface area contributed by atoms with Gasteiger partial charge in [-0.25, -0.2) is 9.97 Å². The molecular weight excluding hydrogens is 525 g/mol. The van der Waals surface area contributed by atoms with E-state index in [1.165, 1.54) is 11.3 Å². The van der Waals surface area contributed by atoms with E-state index in [1.54, 1.807) is 31.9 Å². The van der Waals surface area contributed by atoms with Gasteiger partial charge in [0, 0.05) is 25.2 Å². The maximum absolute atomic E-state index is 12.4. The number of ether oxygens (including phenoxy) is 1. The maximum Gasteiger partial charge on any atom is 0.411 e. The van der Waals surface area contributed by atoms with E-state index in [0.717, 1.165) is 15.9 Å². The summed E-state index contributed by atoms with van der Waals surface area (Å²) in [5.41, 5.74) is 1.34. The molecule has 14 heteroatoms. The average molecular weight is 557 g/mol. The summed E-state index contributed by atoms with van der Waals surface area (Å²) in [5, 5.41) is 35.9. The monoisotopic (exact) mass is 556 g/mol. The number of nitrogens with zero attached hydrogens (tertiary/aromatic N) is 5. The molecule has 1 unspecified atom stereocenters. The molecule has 4 N–H and O–H groups in total. The Morgan fingerprint density at radius 3 is 2.55 bits per heavy atom. The highest BCUT2D eigenvalue weighted by molar-refractivity contribution is 7.21. The van der Waals surface area contributed by atoms with Crippen molar-refractivity contribution in [2.24, 2.45) is 5.92 Å². The molecule has 1 aliphatic rings. The third-order valence-corrected chi connectivity index (χ3v) is 7.51. The number of aliphatic hydroxyl groups excluding tert-OH is 2. The number of nitrogens with one attached hydrogen (secondary N) is 1. The van der Waals surface area contributed by atoms with Crippen LogP contribution in [0.5, 0.6) is 0 Å². The fourth-order valence-corrected chi connectivity index (χ4v) is 5.69. The van der Waals surface area contributed by atoms with Crippen LogP contribution in [-0.2, 0) is 4.74 Å². The molecule has 0 amide bonds. The number of rotatable bonds is 8. The zero-order chi connectivity index (χ0) is 27.8. The summed E-state index contributed by atoms with van der Waals surface area (Å²) in [6, 6.07) is 1.85. The SMILES string of the molecule is Cc1nc(NCCOCC(F)(F)F)nc(N2CC[C@H](C(C)(C)O)[C@@H](O)C2O)c1-c1nc2c(C)nccc2s1. The van der Waals surface area contributed by atoms with Crippen LogP contribution in [-0.4, -0.2) is 85.7 Å². The molecule has 10 nitrogen and oxygen atoms in total. The van der Waals surface area contributed by atoms with Gasteiger partial charge in [-0.2, -0.15) is 18.2 Å². The predicted octanol–water partition coefficient (Wildman–Crippen LogP) is 3.03. The van der Waals surface area contributed by atoms with Crippen molar-refractivity contribution in [1.82, 2.24) is 19.9 Å². The Kier molecular flexibility index (Phi) is 8.09. The molecule has 3 aromatic rings. The lowest BCUT2D eigenvalue weighted by Gasteiger charge is -2.45. The van der Waals surface area contributed by atoms with Crippen molar-refractivity contribution in [3.8, 4) is 10.6 Å². The van der Waals surface area contributed by atoms with Crippen molar-refractivity contribution >= 4 is 33.3 Å². The first-order valence-corrected chi connectivity index (χ1v) is 12.9. The lowest BCUT2D eigenvalue weighted by Crippen LogP contribution is -2.57. The van der Waals surface area contributed by atoms with E-state index in [4.69, 9.17) is 4.98 Å². The summed E-state index contributed by atoms with van der Waals surface area (Å²) in [6.45, 7) is 5.49. The van der Waals surface area contributed by atoms with Gasteiger partial charge in [0.15, 0.2) is 6.23 Å². The van der Waals surface area contributed by atoms with Gasteiger partial charge in [-0.3, -0.25) is 4.98 Å². The predicted molar refractivity (Wildman–Crippen MR) is 137 cm³/mol. The molecule has 0 saturated carbocycles. The summed E-state index contributed by atoms with van der Waals surface area (Å²) in [7, 11) is 0. The fourth-order valence-electron chi connectivity index (χ4n) is 4.58. The van der Waals surface area contributed by atoms with E-state index < -0.39 is 36.6 Å². The minimum absolute atomic E-state index is 0.0201. The lowest BCUT2D eigenvalue weighted by atomic mass is 9.80. The van der Waals surface area contributed by atoms with Crippen molar-refractivity contribution in [2.75, 3.05) is 36.5 Å². The molecule has 3 atom stereocenters. The number of alkyl halides is 3.